The monoisotopic (exact) mass is 356 g/mol. The second-order valence-electron chi connectivity index (χ2n) is 6.08. The van der Waals surface area contributed by atoms with Gasteiger partial charge in [0.25, 0.3) is 10.1 Å². The predicted molar refractivity (Wildman–Crippen MR) is 93.7 cm³/mol. The third-order valence-corrected chi connectivity index (χ3v) is 5.98. The topological polar surface area (TPSA) is 107 Å². The average molecular weight is 356 g/mol. The molecule has 0 atom stereocenters. The van der Waals surface area contributed by atoms with Crippen molar-refractivity contribution in [3.8, 4) is 0 Å². The summed E-state index contributed by atoms with van der Waals surface area (Å²) >= 11 is 1.32. The minimum absolute atomic E-state index is 0.0777. The molecule has 1 aliphatic rings. The van der Waals surface area contributed by atoms with Crippen LogP contribution in [-0.2, 0) is 15.5 Å². The van der Waals surface area contributed by atoms with Crippen LogP contribution in [-0.4, -0.2) is 40.7 Å². The lowest BCUT2D eigenvalue weighted by atomic mass is 9.82. The first-order valence-electron chi connectivity index (χ1n) is 7.25. The molecule has 4 N–H and O–H groups in total. The van der Waals surface area contributed by atoms with Crippen molar-refractivity contribution in [2.24, 2.45) is 5.73 Å². The van der Waals surface area contributed by atoms with E-state index < -0.39 is 10.1 Å². The molecule has 0 saturated heterocycles. The molecule has 0 saturated carbocycles. The summed E-state index contributed by atoms with van der Waals surface area (Å²) in [5.41, 5.74) is 8.03. The van der Waals surface area contributed by atoms with Crippen LogP contribution >= 0.6 is 11.8 Å². The molecule has 1 aliphatic heterocycles. The zero-order chi connectivity index (χ0) is 17.4. The second-order valence-corrected chi connectivity index (χ2v) is 8.64. The number of nitrogens with one attached hydrogen (secondary N) is 1. The van der Waals surface area contributed by atoms with E-state index in [4.69, 9.17) is 11.1 Å². The minimum Gasteiger partial charge on any atom is -0.379 e. The van der Waals surface area contributed by atoms with Gasteiger partial charge in [-0.2, -0.15) is 13.0 Å². The van der Waals surface area contributed by atoms with Crippen LogP contribution in [0, 0.1) is 5.41 Å². The van der Waals surface area contributed by atoms with E-state index in [9.17, 15) is 13.0 Å². The largest absolute Gasteiger partial charge is 0.379 e. The van der Waals surface area contributed by atoms with Crippen molar-refractivity contribution in [2.75, 3.05) is 12.3 Å². The molecule has 0 amide bonds. The van der Waals surface area contributed by atoms with Crippen molar-refractivity contribution in [1.29, 1.82) is 5.41 Å². The van der Waals surface area contributed by atoms with Gasteiger partial charge >= 0.3 is 0 Å². The number of hydrogen-bond acceptors (Lipinski definition) is 4. The Labute approximate surface area is 141 Å². The third kappa shape index (κ3) is 3.59. The van der Waals surface area contributed by atoms with Crippen LogP contribution in [0.4, 0.5) is 5.69 Å². The second kappa shape index (κ2) is 6.26. The molecule has 6 nitrogen and oxygen atoms in total. The van der Waals surface area contributed by atoms with E-state index >= 15 is 0 Å². The quantitative estimate of drug-likeness (QED) is 0.247. The Morgan fingerprint density at radius 3 is 2.65 bits per heavy atom. The maximum Gasteiger partial charge on any atom is 0.294 e. The standard InChI is InChI=1S/C15H21N3O3S2/c1-10-15(2,3)12-9-11(23(19,20)21)5-6-13(12)18(10)7-4-8-22-14(16)17/h5-6,9H,4,7-8H2,1-3H3,(H3-,16,17,19,20,21)/p+1. The van der Waals surface area contributed by atoms with Crippen LogP contribution in [0.25, 0.3) is 0 Å². The summed E-state index contributed by atoms with van der Waals surface area (Å²) in [4.78, 5) is -0.0777. The summed E-state index contributed by atoms with van der Waals surface area (Å²) in [6, 6.07) is 4.73. The van der Waals surface area contributed by atoms with Gasteiger partial charge in [-0.25, -0.2) is 0 Å². The smallest absolute Gasteiger partial charge is 0.294 e. The van der Waals surface area contributed by atoms with Gasteiger partial charge in [0.15, 0.2) is 10.9 Å². The molecular weight excluding hydrogens is 334 g/mol. The molecule has 0 aromatic heterocycles. The van der Waals surface area contributed by atoms with Crippen LogP contribution in [0.5, 0.6) is 0 Å². The molecule has 0 spiro atoms. The molecule has 0 radical (unpaired) electrons. The molecule has 126 valence electrons. The van der Waals surface area contributed by atoms with Gasteiger partial charge in [-0.3, -0.25) is 9.96 Å². The molecule has 23 heavy (non-hydrogen) atoms. The van der Waals surface area contributed by atoms with E-state index in [2.05, 4.69) is 4.58 Å². The number of rotatable bonds is 5. The SMILES string of the molecule is CC1=[N+](CCCSC(=N)N)c2ccc(S(=O)(=O)O)cc2C1(C)C. The summed E-state index contributed by atoms with van der Waals surface area (Å²) in [6.07, 6.45) is 0.858. The van der Waals surface area contributed by atoms with E-state index in [1.165, 1.54) is 17.8 Å². The molecule has 0 unspecified atom stereocenters. The van der Waals surface area contributed by atoms with E-state index in [1.54, 1.807) is 12.1 Å². The summed E-state index contributed by atoms with van der Waals surface area (Å²) in [7, 11) is -4.21. The summed E-state index contributed by atoms with van der Waals surface area (Å²) in [5, 5.41) is 7.34. The number of fused-ring (bicyclic) bond motifs is 1. The molecule has 0 aliphatic carbocycles. The van der Waals surface area contributed by atoms with Crippen LogP contribution in [0.2, 0.25) is 0 Å². The molecular formula is C15H22N3O3S2+. The maximum atomic E-state index is 11.4. The average Bonchev–Trinajstić information content (AvgIpc) is 2.62. The Balaban J connectivity index is 2.33. The number of nitrogens with zero attached hydrogens (tertiary/aromatic N) is 1. The predicted octanol–water partition coefficient (Wildman–Crippen LogP) is 2.35. The van der Waals surface area contributed by atoms with Crippen LogP contribution < -0.4 is 5.73 Å². The van der Waals surface area contributed by atoms with Gasteiger partial charge < -0.3 is 5.73 Å². The van der Waals surface area contributed by atoms with Gasteiger partial charge in [0.05, 0.1) is 10.3 Å². The van der Waals surface area contributed by atoms with Crippen molar-refractivity contribution in [2.45, 2.75) is 37.5 Å². The van der Waals surface area contributed by atoms with E-state index in [-0.39, 0.29) is 15.5 Å². The number of amidine groups is 1. The third-order valence-electron chi connectivity index (χ3n) is 4.32. The van der Waals surface area contributed by atoms with Crippen LogP contribution in [0.15, 0.2) is 23.1 Å². The van der Waals surface area contributed by atoms with Crippen molar-refractivity contribution >= 4 is 38.4 Å². The van der Waals surface area contributed by atoms with Crippen molar-refractivity contribution < 1.29 is 17.5 Å². The molecule has 1 heterocycles. The number of hydrogen-bond donors (Lipinski definition) is 3. The molecule has 0 fully saturated rings. The van der Waals surface area contributed by atoms with Crippen molar-refractivity contribution in [1.82, 2.24) is 0 Å². The molecule has 2 rings (SSSR count). The number of benzene rings is 1. The Morgan fingerprint density at radius 2 is 2.09 bits per heavy atom. The van der Waals surface area contributed by atoms with Gasteiger partial charge in [-0.05, 0) is 26.0 Å². The van der Waals surface area contributed by atoms with Crippen LogP contribution in [0.3, 0.4) is 0 Å². The first-order valence-corrected chi connectivity index (χ1v) is 9.68. The van der Waals surface area contributed by atoms with E-state index in [1.807, 2.05) is 20.8 Å². The fraction of sp³-hybridized carbons (Fsp3) is 0.467. The fourth-order valence-corrected chi connectivity index (χ4v) is 3.82. The van der Waals surface area contributed by atoms with Crippen molar-refractivity contribution in [3.05, 3.63) is 23.8 Å². The highest BCUT2D eigenvalue weighted by Gasteiger charge is 2.43. The van der Waals surface area contributed by atoms with Gasteiger partial charge in [0.1, 0.15) is 6.54 Å². The summed E-state index contributed by atoms with van der Waals surface area (Å²) < 4.78 is 34.2. The first-order chi connectivity index (χ1) is 10.5. The normalized spacial score (nSPS) is 16.5. The van der Waals surface area contributed by atoms with Gasteiger partial charge in [-0.1, -0.05) is 11.8 Å². The summed E-state index contributed by atoms with van der Waals surface area (Å²) in [5.74, 6) is 0.762. The lowest BCUT2D eigenvalue weighted by Crippen LogP contribution is -2.27. The molecule has 1 aromatic carbocycles. The zero-order valence-electron chi connectivity index (χ0n) is 13.5. The zero-order valence-corrected chi connectivity index (χ0v) is 15.1. The number of thioether (sulfide) groups is 1. The molecule has 8 heteroatoms. The fourth-order valence-electron chi connectivity index (χ4n) is 2.82. The highest BCUT2D eigenvalue weighted by atomic mass is 32.2. The first kappa shape index (κ1) is 18.0. The van der Waals surface area contributed by atoms with E-state index in [0.717, 1.165) is 35.7 Å². The Kier molecular flexibility index (Phi) is 4.89. The summed E-state index contributed by atoms with van der Waals surface area (Å²) in [6.45, 7) is 6.89. The lowest BCUT2D eigenvalue weighted by Gasteiger charge is -2.15. The highest BCUT2D eigenvalue weighted by Crippen LogP contribution is 2.40. The Hall–Kier alpha value is -1.38. The number of nitrogens with two attached hydrogens (primary N) is 1. The van der Waals surface area contributed by atoms with Crippen LogP contribution in [0.1, 0.15) is 32.8 Å². The maximum absolute atomic E-state index is 11.4. The van der Waals surface area contributed by atoms with Crippen molar-refractivity contribution in [3.63, 3.8) is 0 Å². The highest BCUT2D eigenvalue weighted by molar-refractivity contribution is 8.13. The molecule has 1 aromatic rings. The van der Waals surface area contributed by atoms with E-state index in [0.29, 0.717) is 0 Å². The van der Waals surface area contributed by atoms with Gasteiger partial charge in [0, 0.05) is 30.7 Å². The lowest BCUT2D eigenvalue weighted by molar-refractivity contribution is -0.438. The van der Waals surface area contributed by atoms with Gasteiger partial charge in [-0.15, -0.1) is 0 Å². The Morgan fingerprint density at radius 1 is 1.43 bits per heavy atom. The minimum atomic E-state index is -4.21. The molecule has 0 bridgehead atoms. The Bertz CT molecular complexity index is 783. The van der Waals surface area contributed by atoms with Gasteiger partial charge in [0.2, 0.25) is 5.69 Å².